The fourth-order valence-electron chi connectivity index (χ4n) is 1.12. The molecule has 1 nitrogen and oxygen atoms in total. The van der Waals surface area contributed by atoms with Crippen molar-refractivity contribution >= 4 is 0 Å². The molecule has 0 aromatic rings. The normalized spacial score (nSPS) is 15.7. The second-order valence-electron chi connectivity index (χ2n) is 3.29. The van der Waals surface area contributed by atoms with Crippen molar-refractivity contribution in [2.75, 3.05) is 7.05 Å². The number of rotatable bonds is 5. The Morgan fingerprint density at radius 2 is 2.15 bits per heavy atom. The molecule has 0 aliphatic heterocycles. The van der Waals surface area contributed by atoms with Crippen LogP contribution in [-0.2, 0) is 0 Å². The molecule has 0 aromatic carbocycles. The summed E-state index contributed by atoms with van der Waals surface area (Å²) >= 11 is 0. The number of hydrogen-bond acceptors (Lipinski definition) is 1. The molecule has 74 valence electrons. The fraction of sp³-hybridized carbons (Fsp3) is 0.500. The van der Waals surface area contributed by atoms with Gasteiger partial charge < -0.3 is 5.32 Å². The average Bonchev–Trinajstić information content (AvgIpc) is 2.15. The Morgan fingerprint density at radius 1 is 1.54 bits per heavy atom. The van der Waals surface area contributed by atoms with E-state index in [1.165, 1.54) is 11.1 Å². The fourth-order valence-corrected chi connectivity index (χ4v) is 1.12. The second-order valence-corrected chi connectivity index (χ2v) is 3.29. The van der Waals surface area contributed by atoms with Crippen LogP contribution in [0.25, 0.3) is 0 Å². The van der Waals surface area contributed by atoms with Gasteiger partial charge in [-0.15, -0.1) is 0 Å². The zero-order chi connectivity index (χ0) is 10.3. The summed E-state index contributed by atoms with van der Waals surface area (Å²) in [6, 6.07) is 0.515. The highest BCUT2D eigenvalue weighted by Gasteiger charge is 2.03. The van der Waals surface area contributed by atoms with Crippen LogP contribution in [0.5, 0.6) is 0 Å². The maximum Gasteiger partial charge on any atom is 0.00762 e. The highest BCUT2D eigenvalue weighted by atomic mass is 14.8. The summed E-state index contributed by atoms with van der Waals surface area (Å²) < 4.78 is 0. The molecular formula is C12H21N. The van der Waals surface area contributed by atoms with Crippen molar-refractivity contribution in [3.63, 3.8) is 0 Å². The minimum Gasteiger partial charge on any atom is -0.317 e. The minimum atomic E-state index is 0.515. The molecule has 1 N–H and O–H groups in total. The van der Waals surface area contributed by atoms with E-state index in [9.17, 15) is 0 Å². The summed E-state index contributed by atoms with van der Waals surface area (Å²) in [4.78, 5) is 0. The summed E-state index contributed by atoms with van der Waals surface area (Å²) in [5.41, 5.74) is 2.70. The van der Waals surface area contributed by atoms with E-state index in [2.05, 4.69) is 44.8 Å². The second kappa shape index (κ2) is 6.67. The van der Waals surface area contributed by atoms with Gasteiger partial charge in [-0.25, -0.2) is 0 Å². The van der Waals surface area contributed by atoms with Crippen molar-refractivity contribution < 1.29 is 0 Å². The van der Waals surface area contributed by atoms with Crippen LogP contribution in [0.1, 0.15) is 27.2 Å². The van der Waals surface area contributed by atoms with Gasteiger partial charge in [0.25, 0.3) is 0 Å². The van der Waals surface area contributed by atoms with Gasteiger partial charge in [0.15, 0.2) is 0 Å². The largest absolute Gasteiger partial charge is 0.317 e. The highest BCUT2D eigenvalue weighted by molar-refractivity contribution is 5.31. The van der Waals surface area contributed by atoms with Crippen LogP contribution in [0.3, 0.4) is 0 Å². The summed E-state index contributed by atoms with van der Waals surface area (Å²) in [5, 5.41) is 3.23. The maximum atomic E-state index is 3.73. The van der Waals surface area contributed by atoms with Crippen molar-refractivity contribution in [3.05, 3.63) is 36.0 Å². The molecule has 0 saturated carbocycles. The summed E-state index contributed by atoms with van der Waals surface area (Å²) in [6.45, 7) is 10.1. The van der Waals surface area contributed by atoms with E-state index in [4.69, 9.17) is 0 Å². The van der Waals surface area contributed by atoms with Crippen molar-refractivity contribution in [1.29, 1.82) is 0 Å². The Hall–Kier alpha value is -0.820. The molecule has 0 spiro atoms. The molecule has 13 heavy (non-hydrogen) atoms. The lowest BCUT2D eigenvalue weighted by atomic mass is 10.00. The summed E-state index contributed by atoms with van der Waals surface area (Å²) in [6.07, 6.45) is 7.13. The van der Waals surface area contributed by atoms with E-state index in [0.29, 0.717) is 6.04 Å². The van der Waals surface area contributed by atoms with E-state index in [1.54, 1.807) is 0 Å². The molecule has 1 unspecified atom stereocenters. The molecule has 0 rings (SSSR count). The summed E-state index contributed by atoms with van der Waals surface area (Å²) in [5.74, 6) is 0. The van der Waals surface area contributed by atoms with Crippen LogP contribution in [0, 0.1) is 0 Å². The van der Waals surface area contributed by atoms with Gasteiger partial charge in [-0.05, 0) is 39.8 Å². The van der Waals surface area contributed by atoms with E-state index in [-0.39, 0.29) is 0 Å². The van der Waals surface area contributed by atoms with E-state index in [1.807, 2.05) is 13.1 Å². The maximum absolute atomic E-state index is 3.73. The Bertz CT molecular complexity index is 211. The minimum absolute atomic E-state index is 0.515. The predicted octanol–water partition coefficient (Wildman–Crippen LogP) is 3.06. The van der Waals surface area contributed by atoms with Crippen LogP contribution in [0.4, 0.5) is 0 Å². The number of nitrogens with one attached hydrogen (secondary N) is 1. The molecule has 0 aliphatic carbocycles. The SMILES string of the molecule is C=C/C=C(CC(C)NC)\C(C)=C/C. The monoisotopic (exact) mass is 179 g/mol. The predicted molar refractivity (Wildman–Crippen MR) is 60.8 cm³/mol. The molecule has 0 bridgehead atoms. The Morgan fingerprint density at radius 3 is 2.54 bits per heavy atom. The first kappa shape index (κ1) is 12.2. The topological polar surface area (TPSA) is 12.0 Å². The standard InChI is InChI=1S/C12H21N/c1-6-8-12(10(3)7-2)9-11(4)13-5/h6-8,11,13H,1,9H2,2-5H3/b10-7-,12-8-. The first-order valence-corrected chi connectivity index (χ1v) is 4.77. The van der Waals surface area contributed by atoms with Crippen molar-refractivity contribution in [2.24, 2.45) is 0 Å². The Labute approximate surface area is 82.2 Å². The zero-order valence-electron chi connectivity index (χ0n) is 9.22. The molecule has 0 amide bonds. The van der Waals surface area contributed by atoms with Crippen LogP contribution in [0.2, 0.25) is 0 Å². The van der Waals surface area contributed by atoms with Crippen molar-refractivity contribution in [3.8, 4) is 0 Å². The lowest BCUT2D eigenvalue weighted by Gasteiger charge is -2.13. The molecule has 0 fully saturated rings. The van der Waals surface area contributed by atoms with Crippen molar-refractivity contribution in [1.82, 2.24) is 5.32 Å². The molecule has 0 heterocycles. The lowest BCUT2D eigenvalue weighted by molar-refractivity contribution is 0.607. The van der Waals surface area contributed by atoms with E-state index in [0.717, 1.165) is 6.42 Å². The van der Waals surface area contributed by atoms with Gasteiger partial charge in [0.05, 0.1) is 0 Å². The molecular weight excluding hydrogens is 158 g/mol. The average molecular weight is 179 g/mol. The molecule has 0 saturated heterocycles. The lowest BCUT2D eigenvalue weighted by Crippen LogP contribution is -2.21. The smallest absolute Gasteiger partial charge is 0.00762 e. The Kier molecular flexibility index (Phi) is 6.25. The molecule has 0 aromatic heterocycles. The quantitative estimate of drug-likeness (QED) is 0.640. The first-order chi connectivity index (χ1) is 6.15. The van der Waals surface area contributed by atoms with Crippen molar-refractivity contribution in [2.45, 2.75) is 33.2 Å². The summed E-state index contributed by atoms with van der Waals surface area (Å²) in [7, 11) is 1.99. The number of hydrogen-bond donors (Lipinski definition) is 1. The van der Waals surface area contributed by atoms with Crippen LogP contribution < -0.4 is 5.32 Å². The Balaban J connectivity index is 4.45. The van der Waals surface area contributed by atoms with Gasteiger partial charge >= 0.3 is 0 Å². The zero-order valence-corrected chi connectivity index (χ0v) is 9.22. The van der Waals surface area contributed by atoms with Crippen LogP contribution in [0.15, 0.2) is 36.0 Å². The van der Waals surface area contributed by atoms with E-state index < -0.39 is 0 Å². The molecule has 1 heteroatoms. The van der Waals surface area contributed by atoms with Gasteiger partial charge in [-0.3, -0.25) is 0 Å². The molecule has 0 radical (unpaired) electrons. The van der Waals surface area contributed by atoms with Crippen LogP contribution in [-0.4, -0.2) is 13.1 Å². The third kappa shape index (κ3) is 4.69. The van der Waals surface area contributed by atoms with E-state index >= 15 is 0 Å². The third-order valence-electron chi connectivity index (χ3n) is 2.28. The van der Waals surface area contributed by atoms with Gasteiger partial charge in [0, 0.05) is 6.04 Å². The van der Waals surface area contributed by atoms with Gasteiger partial charge in [0.1, 0.15) is 0 Å². The third-order valence-corrected chi connectivity index (χ3v) is 2.28. The highest BCUT2D eigenvalue weighted by Crippen LogP contribution is 2.15. The molecule has 1 atom stereocenters. The van der Waals surface area contributed by atoms with Crippen LogP contribution >= 0.6 is 0 Å². The van der Waals surface area contributed by atoms with Gasteiger partial charge in [-0.2, -0.15) is 0 Å². The number of allylic oxidation sites excluding steroid dienone is 4. The molecule has 0 aliphatic rings. The van der Waals surface area contributed by atoms with Gasteiger partial charge in [-0.1, -0.05) is 30.4 Å². The first-order valence-electron chi connectivity index (χ1n) is 4.77. The van der Waals surface area contributed by atoms with Gasteiger partial charge in [0.2, 0.25) is 0 Å².